The first-order valence-electron chi connectivity index (χ1n) is 7.94. The first-order valence-corrected chi connectivity index (χ1v) is 7.94. The van der Waals surface area contributed by atoms with Crippen LogP contribution in [0.1, 0.15) is 38.5 Å². The van der Waals surface area contributed by atoms with Gasteiger partial charge in [-0.2, -0.15) is 0 Å². The van der Waals surface area contributed by atoms with Gasteiger partial charge in [-0.25, -0.2) is 0 Å². The summed E-state index contributed by atoms with van der Waals surface area (Å²) in [5, 5.41) is 13.5. The fourth-order valence-corrected chi connectivity index (χ4v) is 3.79. The Balaban J connectivity index is 1.61. The minimum atomic E-state index is -0.146. The van der Waals surface area contributed by atoms with Gasteiger partial charge in [0.1, 0.15) is 0 Å². The Morgan fingerprint density at radius 2 is 1.60 bits per heavy atom. The van der Waals surface area contributed by atoms with E-state index >= 15 is 0 Å². The normalized spacial score (nSPS) is 33.1. The predicted octanol–water partition coefficient (Wildman–Crippen LogP) is 0.846. The second-order valence-corrected chi connectivity index (χ2v) is 6.53. The van der Waals surface area contributed by atoms with Crippen LogP contribution in [0.2, 0.25) is 0 Å². The zero-order valence-electron chi connectivity index (χ0n) is 12.2. The average molecular weight is 285 g/mol. The minimum absolute atomic E-state index is 0.00990. The first kappa shape index (κ1) is 14.7. The van der Waals surface area contributed by atoms with Gasteiger partial charge >= 0.3 is 0 Å². The molecule has 1 atom stereocenters. The van der Waals surface area contributed by atoms with E-state index in [2.05, 4.69) is 5.32 Å². The van der Waals surface area contributed by atoms with Gasteiger partial charge in [0.2, 0.25) is 0 Å². The lowest BCUT2D eigenvalue weighted by molar-refractivity contribution is -0.144. The molecule has 2 N–H and O–H groups in total. The first-order chi connectivity index (χ1) is 9.76. The van der Waals surface area contributed by atoms with Crippen LogP contribution >= 0.6 is 0 Å². The molecule has 3 aliphatic rings. The Kier molecular flexibility index (Phi) is 4.62. The van der Waals surface area contributed by atoms with E-state index in [1.165, 1.54) is 0 Å². The molecule has 3 fully saturated rings. The summed E-state index contributed by atoms with van der Waals surface area (Å²) >= 11 is 0. The Morgan fingerprint density at radius 3 is 2.25 bits per heavy atom. The van der Waals surface area contributed by atoms with Crippen LogP contribution < -0.4 is 5.32 Å². The minimum Gasteiger partial charge on any atom is -0.394 e. The molecule has 0 aromatic heterocycles. The summed E-state index contributed by atoms with van der Waals surface area (Å²) in [4.78, 5) is 0. The van der Waals surface area contributed by atoms with E-state index in [9.17, 15) is 5.11 Å². The van der Waals surface area contributed by atoms with Gasteiger partial charge in [0.15, 0.2) is 0 Å². The Bertz CT molecular complexity index is 305. The molecule has 3 heterocycles. The van der Waals surface area contributed by atoms with E-state index in [1.807, 2.05) is 0 Å². The molecule has 0 aromatic carbocycles. The van der Waals surface area contributed by atoms with Gasteiger partial charge in [0.05, 0.1) is 12.2 Å². The van der Waals surface area contributed by atoms with Gasteiger partial charge in [-0.15, -0.1) is 0 Å². The van der Waals surface area contributed by atoms with Crippen molar-refractivity contribution in [2.75, 3.05) is 39.6 Å². The van der Waals surface area contributed by atoms with Crippen molar-refractivity contribution in [1.82, 2.24) is 5.32 Å². The zero-order valence-corrected chi connectivity index (χ0v) is 12.2. The van der Waals surface area contributed by atoms with Crippen LogP contribution in [0, 0.1) is 0 Å². The summed E-state index contributed by atoms with van der Waals surface area (Å²) in [6, 6.07) is 0.437. The van der Waals surface area contributed by atoms with Gasteiger partial charge in [-0.1, -0.05) is 0 Å². The van der Waals surface area contributed by atoms with Crippen LogP contribution in [0.15, 0.2) is 0 Å². The topological polar surface area (TPSA) is 60.0 Å². The maximum atomic E-state index is 9.80. The molecule has 0 aliphatic carbocycles. The molecule has 20 heavy (non-hydrogen) atoms. The maximum Gasteiger partial charge on any atom is 0.0741 e. The summed E-state index contributed by atoms with van der Waals surface area (Å²) in [6.07, 6.45) is 5.87. The highest BCUT2D eigenvalue weighted by Crippen LogP contribution is 2.35. The summed E-state index contributed by atoms with van der Waals surface area (Å²) in [6.45, 7) is 4.13. The standard InChI is InChI=1S/C15H27NO4/c17-12-14(2-7-18-8-3-14)16-13-1-6-20-15(11-13)4-9-19-10-5-15/h13,16-17H,1-12H2. The second kappa shape index (κ2) is 6.28. The molecule has 116 valence electrons. The lowest BCUT2D eigenvalue weighted by Crippen LogP contribution is -2.59. The third-order valence-electron chi connectivity index (χ3n) is 5.16. The van der Waals surface area contributed by atoms with Gasteiger partial charge in [-0.05, 0) is 38.5 Å². The Hall–Kier alpha value is -0.200. The van der Waals surface area contributed by atoms with Crippen molar-refractivity contribution < 1.29 is 19.3 Å². The van der Waals surface area contributed by atoms with Crippen molar-refractivity contribution in [1.29, 1.82) is 0 Å². The molecule has 3 aliphatic heterocycles. The van der Waals surface area contributed by atoms with E-state index in [4.69, 9.17) is 14.2 Å². The van der Waals surface area contributed by atoms with Crippen LogP contribution in [-0.4, -0.2) is 61.9 Å². The van der Waals surface area contributed by atoms with Crippen molar-refractivity contribution in [3.05, 3.63) is 0 Å². The smallest absolute Gasteiger partial charge is 0.0741 e. The average Bonchev–Trinajstić information content (AvgIpc) is 2.49. The van der Waals surface area contributed by atoms with Crippen molar-refractivity contribution >= 4 is 0 Å². The summed E-state index contributed by atoms with van der Waals surface area (Å²) in [5.41, 5.74) is -0.136. The highest BCUT2D eigenvalue weighted by Gasteiger charge is 2.42. The molecule has 1 unspecified atom stereocenters. The Labute approximate surface area is 121 Å². The molecule has 5 nitrogen and oxygen atoms in total. The molecule has 3 rings (SSSR count). The van der Waals surface area contributed by atoms with Gasteiger partial charge in [0, 0.05) is 44.6 Å². The van der Waals surface area contributed by atoms with Gasteiger partial charge in [0.25, 0.3) is 0 Å². The van der Waals surface area contributed by atoms with Gasteiger partial charge < -0.3 is 24.6 Å². The van der Waals surface area contributed by atoms with E-state index in [0.29, 0.717) is 6.04 Å². The largest absolute Gasteiger partial charge is 0.394 e. The third-order valence-corrected chi connectivity index (χ3v) is 5.16. The molecule has 0 radical (unpaired) electrons. The van der Waals surface area contributed by atoms with Crippen molar-refractivity contribution in [3.8, 4) is 0 Å². The molecular weight excluding hydrogens is 258 g/mol. The van der Waals surface area contributed by atoms with E-state index in [-0.39, 0.29) is 17.7 Å². The summed E-state index contributed by atoms with van der Waals surface area (Å²) < 4.78 is 17.0. The maximum absolute atomic E-state index is 9.80. The fourth-order valence-electron chi connectivity index (χ4n) is 3.79. The molecular formula is C15H27NO4. The molecule has 0 bridgehead atoms. The predicted molar refractivity (Wildman–Crippen MR) is 74.8 cm³/mol. The monoisotopic (exact) mass is 285 g/mol. The number of aliphatic hydroxyl groups is 1. The number of hydrogen-bond acceptors (Lipinski definition) is 5. The molecule has 0 saturated carbocycles. The highest BCUT2D eigenvalue weighted by molar-refractivity contribution is 4.97. The fraction of sp³-hybridized carbons (Fsp3) is 1.00. The number of aliphatic hydroxyl groups excluding tert-OH is 1. The van der Waals surface area contributed by atoms with Crippen molar-refractivity contribution in [3.63, 3.8) is 0 Å². The zero-order chi connectivity index (χ0) is 13.9. The van der Waals surface area contributed by atoms with E-state index < -0.39 is 0 Å². The highest BCUT2D eigenvalue weighted by atomic mass is 16.5. The van der Waals surface area contributed by atoms with Crippen LogP contribution in [0.5, 0.6) is 0 Å². The lowest BCUT2D eigenvalue weighted by Gasteiger charge is -2.47. The lowest BCUT2D eigenvalue weighted by atomic mass is 9.82. The van der Waals surface area contributed by atoms with E-state index in [1.54, 1.807) is 0 Å². The van der Waals surface area contributed by atoms with Crippen molar-refractivity contribution in [2.45, 2.75) is 55.7 Å². The molecule has 3 saturated heterocycles. The van der Waals surface area contributed by atoms with Crippen LogP contribution in [-0.2, 0) is 14.2 Å². The van der Waals surface area contributed by atoms with Crippen LogP contribution in [0.25, 0.3) is 0 Å². The molecule has 1 spiro atoms. The number of hydrogen-bond donors (Lipinski definition) is 2. The number of nitrogens with one attached hydrogen (secondary N) is 1. The number of rotatable bonds is 3. The number of ether oxygens (including phenoxy) is 3. The van der Waals surface area contributed by atoms with Crippen molar-refractivity contribution in [2.24, 2.45) is 0 Å². The Morgan fingerprint density at radius 1 is 0.950 bits per heavy atom. The van der Waals surface area contributed by atoms with E-state index in [0.717, 1.165) is 71.6 Å². The molecule has 5 heteroatoms. The van der Waals surface area contributed by atoms with Crippen LogP contribution in [0.4, 0.5) is 0 Å². The second-order valence-electron chi connectivity index (χ2n) is 6.53. The molecule has 0 aromatic rings. The molecule has 0 amide bonds. The SMILES string of the molecule is OCC1(NC2CCOC3(CCOCC3)C2)CCOCC1. The van der Waals surface area contributed by atoms with Gasteiger partial charge in [-0.3, -0.25) is 0 Å². The van der Waals surface area contributed by atoms with Crippen LogP contribution in [0.3, 0.4) is 0 Å². The third kappa shape index (κ3) is 3.17. The summed E-state index contributed by atoms with van der Waals surface area (Å²) in [7, 11) is 0. The quantitative estimate of drug-likeness (QED) is 0.805. The summed E-state index contributed by atoms with van der Waals surface area (Å²) in [5.74, 6) is 0.